The van der Waals surface area contributed by atoms with Gasteiger partial charge in [0.2, 0.25) is 0 Å². The molecule has 0 amide bonds. The number of nitrogens with one attached hydrogen (secondary N) is 1. The lowest BCUT2D eigenvalue weighted by atomic mass is 10.1. The third kappa shape index (κ3) is 4.59. The SMILES string of the molecule is COCC(CCCN)Nc1ccc(Br)c(Cl)c1Cl. The Hall–Kier alpha value is -0.000000000000000111. The number of anilines is 1. The van der Waals surface area contributed by atoms with E-state index >= 15 is 0 Å². The standard InChI is InChI=1S/C12H17BrCl2N2O/c1-18-7-8(3-2-6-16)17-10-5-4-9(13)11(14)12(10)15/h4-5,8,17H,2-3,6-7,16H2,1H3. The molecular formula is C12H17BrCl2N2O. The highest BCUT2D eigenvalue weighted by Crippen LogP contribution is 2.36. The Morgan fingerprint density at radius 2 is 2.11 bits per heavy atom. The average Bonchev–Trinajstić information content (AvgIpc) is 2.36. The van der Waals surface area contributed by atoms with E-state index in [9.17, 15) is 0 Å². The quantitative estimate of drug-likeness (QED) is 0.728. The molecular weight excluding hydrogens is 339 g/mol. The smallest absolute Gasteiger partial charge is 0.0835 e. The minimum Gasteiger partial charge on any atom is -0.383 e. The van der Waals surface area contributed by atoms with Crippen LogP contribution in [0.15, 0.2) is 16.6 Å². The molecule has 0 fully saturated rings. The zero-order valence-electron chi connectivity index (χ0n) is 10.2. The Morgan fingerprint density at radius 3 is 2.72 bits per heavy atom. The summed E-state index contributed by atoms with van der Waals surface area (Å²) in [6, 6.07) is 3.93. The second-order valence-electron chi connectivity index (χ2n) is 3.95. The molecule has 3 nitrogen and oxygen atoms in total. The number of rotatable bonds is 7. The van der Waals surface area contributed by atoms with E-state index in [-0.39, 0.29) is 6.04 Å². The summed E-state index contributed by atoms with van der Waals surface area (Å²) in [6.07, 6.45) is 1.86. The van der Waals surface area contributed by atoms with Crippen molar-refractivity contribution in [2.45, 2.75) is 18.9 Å². The summed E-state index contributed by atoms with van der Waals surface area (Å²) < 4.78 is 5.96. The number of benzene rings is 1. The van der Waals surface area contributed by atoms with Crippen molar-refractivity contribution in [2.24, 2.45) is 5.73 Å². The first kappa shape index (κ1) is 16.1. The molecule has 0 aromatic heterocycles. The zero-order valence-corrected chi connectivity index (χ0v) is 13.3. The van der Waals surface area contributed by atoms with Crippen LogP contribution in [-0.2, 0) is 4.74 Å². The van der Waals surface area contributed by atoms with Gasteiger partial charge in [0.25, 0.3) is 0 Å². The molecule has 0 radical (unpaired) electrons. The highest BCUT2D eigenvalue weighted by Gasteiger charge is 2.13. The monoisotopic (exact) mass is 354 g/mol. The molecule has 6 heteroatoms. The summed E-state index contributed by atoms with van der Waals surface area (Å²) in [7, 11) is 1.67. The maximum absolute atomic E-state index is 6.19. The van der Waals surface area contributed by atoms with Crippen molar-refractivity contribution in [1.82, 2.24) is 0 Å². The van der Waals surface area contributed by atoms with Crippen molar-refractivity contribution in [3.63, 3.8) is 0 Å². The molecule has 3 N–H and O–H groups in total. The second-order valence-corrected chi connectivity index (χ2v) is 5.56. The normalized spacial score (nSPS) is 12.5. The molecule has 0 aliphatic carbocycles. The van der Waals surface area contributed by atoms with Crippen LogP contribution in [0.3, 0.4) is 0 Å². The Bertz CT molecular complexity index is 391. The topological polar surface area (TPSA) is 47.3 Å². The van der Waals surface area contributed by atoms with E-state index in [1.54, 1.807) is 7.11 Å². The Balaban J connectivity index is 2.77. The molecule has 0 heterocycles. The van der Waals surface area contributed by atoms with Crippen LogP contribution in [-0.4, -0.2) is 26.3 Å². The minimum atomic E-state index is 0.174. The largest absolute Gasteiger partial charge is 0.383 e. The fourth-order valence-corrected chi connectivity index (χ4v) is 2.45. The molecule has 1 atom stereocenters. The van der Waals surface area contributed by atoms with Crippen LogP contribution in [0.25, 0.3) is 0 Å². The van der Waals surface area contributed by atoms with Crippen LogP contribution in [0.2, 0.25) is 10.0 Å². The molecule has 102 valence electrons. The lowest BCUT2D eigenvalue weighted by Crippen LogP contribution is -2.26. The highest BCUT2D eigenvalue weighted by atomic mass is 79.9. The van der Waals surface area contributed by atoms with Gasteiger partial charge in [-0.1, -0.05) is 23.2 Å². The summed E-state index contributed by atoms with van der Waals surface area (Å²) in [5.74, 6) is 0. The van der Waals surface area contributed by atoms with E-state index in [1.165, 1.54) is 0 Å². The van der Waals surface area contributed by atoms with Crippen molar-refractivity contribution >= 4 is 44.8 Å². The van der Waals surface area contributed by atoms with Gasteiger partial charge in [0.1, 0.15) is 0 Å². The second kappa shape index (κ2) is 8.23. The van der Waals surface area contributed by atoms with Gasteiger partial charge in [-0.25, -0.2) is 0 Å². The summed E-state index contributed by atoms with van der Waals surface area (Å²) in [5, 5.41) is 4.36. The highest BCUT2D eigenvalue weighted by molar-refractivity contribution is 9.10. The van der Waals surface area contributed by atoms with E-state index < -0.39 is 0 Å². The zero-order chi connectivity index (χ0) is 13.5. The molecule has 0 aliphatic rings. The summed E-state index contributed by atoms with van der Waals surface area (Å²) in [4.78, 5) is 0. The molecule has 1 aromatic rings. The van der Waals surface area contributed by atoms with Crippen LogP contribution in [0.5, 0.6) is 0 Å². The van der Waals surface area contributed by atoms with Gasteiger partial charge in [-0.05, 0) is 47.4 Å². The Kier molecular flexibility index (Phi) is 7.34. The predicted octanol–water partition coefficient (Wildman–Crippen LogP) is 3.92. The number of halogens is 3. The van der Waals surface area contributed by atoms with Crippen LogP contribution in [0, 0.1) is 0 Å². The lowest BCUT2D eigenvalue weighted by molar-refractivity contribution is 0.182. The third-order valence-corrected chi connectivity index (χ3v) is 4.29. The van der Waals surface area contributed by atoms with Crippen LogP contribution < -0.4 is 11.1 Å². The maximum Gasteiger partial charge on any atom is 0.0835 e. The molecule has 0 saturated carbocycles. The van der Waals surface area contributed by atoms with E-state index in [2.05, 4.69) is 21.2 Å². The fraction of sp³-hybridized carbons (Fsp3) is 0.500. The average molecular weight is 356 g/mol. The van der Waals surface area contributed by atoms with Crippen LogP contribution in [0.4, 0.5) is 5.69 Å². The van der Waals surface area contributed by atoms with E-state index in [0.717, 1.165) is 23.0 Å². The number of hydrogen-bond acceptors (Lipinski definition) is 3. The molecule has 1 aromatic carbocycles. The first-order chi connectivity index (χ1) is 8.60. The van der Waals surface area contributed by atoms with Crippen molar-refractivity contribution in [3.05, 3.63) is 26.7 Å². The van der Waals surface area contributed by atoms with Crippen molar-refractivity contribution in [1.29, 1.82) is 0 Å². The predicted molar refractivity (Wildman–Crippen MR) is 81.7 cm³/mol. The van der Waals surface area contributed by atoms with Gasteiger partial charge in [0, 0.05) is 17.6 Å². The number of ether oxygens (including phenoxy) is 1. The lowest BCUT2D eigenvalue weighted by Gasteiger charge is -2.20. The van der Waals surface area contributed by atoms with Gasteiger partial charge >= 0.3 is 0 Å². The number of methoxy groups -OCH3 is 1. The molecule has 1 unspecified atom stereocenters. The Labute approximate surface area is 126 Å². The number of hydrogen-bond donors (Lipinski definition) is 2. The van der Waals surface area contributed by atoms with Crippen LogP contribution >= 0.6 is 39.1 Å². The first-order valence-corrected chi connectivity index (χ1v) is 7.24. The van der Waals surface area contributed by atoms with E-state index in [0.29, 0.717) is 23.2 Å². The Morgan fingerprint density at radius 1 is 1.39 bits per heavy atom. The minimum absolute atomic E-state index is 0.174. The van der Waals surface area contributed by atoms with Crippen molar-refractivity contribution < 1.29 is 4.74 Å². The molecule has 18 heavy (non-hydrogen) atoms. The van der Waals surface area contributed by atoms with Crippen molar-refractivity contribution in [2.75, 3.05) is 25.6 Å². The molecule has 0 bridgehead atoms. The molecule has 0 spiro atoms. The molecule has 0 aliphatic heterocycles. The third-order valence-electron chi connectivity index (χ3n) is 2.52. The summed E-state index contributed by atoms with van der Waals surface area (Å²) in [5.41, 5.74) is 6.33. The van der Waals surface area contributed by atoms with Crippen LogP contribution in [0.1, 0.15) is 12.8 Å². The fourth-order valence-electron chi connectivity index (χ4n) is 1.62. The van der Waals surface area contributed by atoms with E-state index in [1.807, 2.05) is 12.1 Å². The summed E-state index contributed by atoms with van der Waals surface area (Å²) in [6.45, 7) is 1.26. The van der Waals surface area contributed by atoms with Gasteiger partial charge in [-0.2, -0.15) is 0 Å². The van der Waals surface area contributed by atoms with Crippen molar-refractivity contribution in [3.8, 4) is 0 Å². The van der Waals surface area contributed by atoms with Gasteiger partial charge < -0.3 is 15.8 Å². The summed E-state index contributed by atoms with van der Waals surface area (Å²) >= 11 is 15.6. The van der Waals surface area contributed by atoms with Gasteiger partial charge in [0.15, 0.2) is 0 Å². The van der Waals surface area contributed by atoms with Gasteiger partial charge in [0.05, 0.1) is 22.3 Å². The number of nitrogens with two attached hydrogens (primary N) is 1. The molecule has 1 rings (SSSR count). The first-order valence-electron chi connectivity index (χ1n) is 5.69. The maximum atomic E-state index is 6.19. The van der Waals surface area contributed by atoms with E-state index in [4.69, 9.17) is 33.7 Å². The van der Waals surface area contributed by atoms with Gasteiger partial charge in [-0.3, -0.25) is 0 Å². The van der Waals surface area contributed by atoms with Gasteiger partial charge in [-0.15, -0.1) is 0 Å². The molecule has 0 saturated heterocycles.